The van der Waals surface area contributed by atoms with Gasteiger partial charge in [0.1, 0.15) is 0 Å². The number of anilines is 1. The minimum absolute atomic E-state index is 0.184. The molecule has 6 heteroatoms. The molecule has 1 heterocycles. The largest absolute Gasteiger partial charge is 0.383 e. The molecule has 0 bridgehead atoms. The van der Waals surface area contributed by atoms with Crippen LogP contribution in [-0.4, -0.2) is 51.8 Å². The lowest BCUT2D eigenvalue weighted by Crippen LogP contribution is -2.44. The summed E-state index contributed by atoms with van der Waals surface area (Å²) >= 11 is 0. The Morgan fingerprint density at radius 3 is 2.96 bits per heavy atom. The number of aliphatic imine (C=N–C) groups is 1. The summed E-state index contributed by atoms with van der Waals surface area (Å²) in [5, 5.41) is 6.48. The number of ether oxygens (including phenoxy) is 1. The first-order valence-corrected chi connectivity index (χ1v) is 8.50. The van der Waals surface area contributed by atoms with Crippen molar-refractivity contribution in [2.75, 3.05) is 38.8 Å². The first-order valence-electron chi connectivity index (χ1n) is 8.50. The smallest absolute Gasteiger partial charge is 0.227 e. The van der Waals surface area contributed by atoms with Gasteiger partial charge in [0, 0.05) is 45.4 Å². The first-order chi connectivity index (χ1) is 11.7. The van der Waals surface area contributed by atoms with Gasteiger partial charge in [0.25, 0.3) is 0 Å². The van der Waals surface area contributed by atoms with Gasteiger partial charge in [0.05, 0.1) is 6.61 Å². The van der Waals surface area contributed by atoms with E-state index >= 15 is 0 Å². The van der Waals surface area contributed by atoms with Crippen LogP contribution in [0.15, 0.2) is 29.3 Å². The third-order valence-corrected chi connectivity index (χ3v) is 4.07. The van der Waals surface area contributed by atoms with Gasteiger partial charge in [-0.25, -0.2) is 0 Å². The monoisotopic (exact) mass is 332 g/mol. The molecule has 1 aromatic carbocycles. The molecule has 0 saturated carbocycles. The van der Waals surface area contributed by atoms with Crippen LogP contribution in [0.25, 0.3) is 0 Å². The predicted molar refractivity (Wildman–Crippen MR) is 97.6 cm³/mol. The van der Waals surface area contributed by atoms with E-state index in [1.807, 2.05) is 30.0 Å². The van der Waals surface area contributed by atoms with Crippen molar-refractivity contribution in [1.82, 2.24) is 10.6 Å². The topological polar surface area (TPSA) is 66.0 Å². The number of nitrogens with one attached hydrogen (secondary N) is 2. The molecule has 0 saturated heterocycles. The fraction of sp³-hybridized carbons (Fsp3) is 0.556. The maximum absolute atomic E-state index is 12.4. The zero-order valence-electron chi connectivity index (χ0n) is 14.8. The number of hydrogen-bond donors (Lipinski definition) is 2. The normalized spacial score (nSPS) is 15.1. The number of fused-ring (bicyclic) bond motifs is 1. The van der Waals surface area contributed by atoms with Crippen LogP contribution in [0, 0.1) is 0 Å². The van der Waals surface area contributed by atoms with Gasteiger partial charge in [0.15, 0.2) is 5.96 Å². The maximum atomic E-state index is 12.4. The molecule has 2 N–H and O–H groups in total. The molecule has 132 valence electrons. The van der Waals surface area contributed by atoms with Crippen molar-refractivity contribution in [3.8, 4) is 0 Å². The molecule has 1 amide bonds. The number of para-hydroxylation sites is 1. The molecule has 0 aromatic heterocycles. The minimum Gasteiger partial charge on any atom is -0.383 e. The number of nitrogens with zero attached hydrogens (tertiary/aromatic N) is 2. The molecule has 1 aliphatic rings. The van der Waals surface area contributed by atoms with Crippen molar-refractivity contribution in [2.45, 2.75) is 32.2 Å². The van der Waals surface area contributed by atoms with E-state index in [4.69, 9.17) is 4.74 Å². The van der Waals surface area contributed by atoms with Crippen LogP contribution in [0.2, 0.25) is 0 Å². The molecule has 0 fully saturated rings. The van der Waals surface area contributed by atoms with E-state index in [2.05, 4.69) is 21.7 Å². The number of methoxy groups -OCH3 is 1. The summed E-state index contributed by atoms with van der Waals surface area (Å²) in [6.07, 6.45) is 2.26. The molecule has 24 heavy (non-hydrogen) atoms. The molecule has 0 spiro atoms. The minimum atomic E-state index is 0.184. The lowest BCUT2D eigenvalue weighted by molar-refractivity contribution is -0.118. The van der Waals surface area contributed by atoms with Gasteiger partial charge in [-0.3, -0.25) is 9.79 Å². The number of hydrogen-bond acceptors (Lipinski definition) is 3. The Balaban J connectivity index is 1.72. The summed E-state index contributed by atoms with van der Waals surface area (Å²) < 4.78 is 5.10. The summed E-state index contributed by atoms with van der Waals surface area (Å²) in [5.74, 6) is 0.927. The van der Waals surface area contributed by atoms with Crippen LogP contribution < -0.4 is 15.5 Å². The van der Waals surface area contributed by atoms with Gasteiger partial charge in [-0.2, -0.15) is 0 Å². The molecule has 0 aliphatic carbocycles. The van der Waals surface area contributed by atoms with Crippen LogP contribution in [0.4, 0.5) is 5.69 Å². The van der Waals surface area contributed by atoms with E-state index in [9.17, 15) is 4.79 Å². The van der Waals surface area contributed by atoms with Crippen molar-refractivity contribution < 1.29 is 9.53 Å². The maximum Gasteiger partial charge on any atom is 0.227 e. The van der Waals surface area contributed by atoms with E-state index in [0.717, 1.165) is 31.0 Å². The Hall–Kier alpha value is -2.08. The molecule has 0 radical (unpaired) electrons. The number of carbonyl (C=O) groups excluding carboxylic acids is 1. The SMILES string of the molecule is CN=C(NCCCC(=O)N1CCc2ccccc21)NC(C)COC. The lowest BCUT2D eigenvalue weighted by Gasteiger charge is -2.19. The zero-order valence-corrected chi connectivity index (χ0v) is 14.8. The average molecular weight is 332 g/mol. The van der Waals surface area contributed by atoms with Crippen molar-refractivity contribution >= 4 is 17.6 Å². The van der Waals surface area contributed by atoms with Gasteiger partial charge >= 0.3 is 0 Å². The number of amides is 1. The van der Waals surface area contributed by atoms with Gasteiger partial charge < -0.3 is 20.3 Å². The third kappa shape index (κ3) is 4.96. The lowest BCUT2D eigenvalue weighted by atomic mass is 10.2. The van der Waals surface area contributed by atoms with Crippen LogP contribution in [0.1, 0.15) is 25.3 Å². The molecule has 1 aliphatic heterocycles. The quantitative estimate of drug-likeness (QED) is 0.452. The highest BCUT2D eigenvalue weighted by Crippen LogP contribution is 2.27. The molecule has 2 rings (SSSR count). The van der Waals surface area contributed by atoms with Crippen molar-refractivity contribution in [1.29, 1.82) is 0 Å². The average Bonchev–Trinajstić information content (AvgIpc) is 3.01. The Morgan fingerprint density at radius 1 is 1.42 bits per heavy atom. The van der Waals surface area contributed by atoms with E-state index in [0.29, 0.717) is 19.6 Å². The van der Waals surface area contributed by atoms with Crippen LogP contribution in [0.3, 0.4) is 0 Å². The van der Waals surface area contributed by atoms with Crippen LogP contribution >= 0.6 is 0 Å². The Bertz CT molecular complexity index is 574. The van der Waals surface area contributed by atoms with Gasteiger partial charge in [0.2, 0.25) is 5.91 Å². The highest BCUT2D eigenvalue weighted by atomic mass is 16.5. The van der Waals surface area contributed by atoms with Crippen molar-refractivity contribution in [3.05, 3.63) is 29.8 Å². The number of benzene rings is 1. The second-order valence-electron chi connectivity index (χ2n) is 6.03. The summed E-state index contributed by atoms with van der Waals surface area (Å²) in [4.78, 5) is 18.5. The highest BCUT2D eigenvalue weighted by Gasteiger charge is 2.23. The fourth-order valence-electron chi connectivity index (χ4n) is 2.90. The van der Waals surface area contributed by atoms with Crippen LogP contribution in [0.5, 0.6) is 0 Å². The fourth-order valence-corrected chi connectivity index (χ4v) is 2.90. The molecule has 6 nitrogen and oxygen atoms in total. The molecular weight excluding hydrogens is 304 g/mol. The van der Waals surface area contributed by atoms with Crippen LogP contribution in [-0.2, 0) is 16.0 Å². The van der Waals surface area contributed by atoms with Gasteiger partial charge in [-0.1, -0.05) is 18.2 Å². The molecular formula is C18H28N4O2. The van der Waals surface area contributed by atoms with Crippen molar-refractivity contribution in [3.63, 3.8) is 0 Å². The summed E-state index contributed by atoms with van der Waals surface area (Å²) in [7, 11) is 3.41. The third-order valence-electron chi connectivity index (χ3n) is 4.07. The Kier molecular flexibility index (Phi) is 7.06. The summed E-state index contributed by atoms with van der Waals surface area (Å²) in [6, 6.07) is 8.33. The predicted octanol–water partition coefficient (Wildman–Crippen LogP) is 1.56. The molecule has 1 atom stereocenters. The number of carbonyl (C=O) groups is 1. The summed E-state index contributed by atoms with van der Waals surface area (Å²) in [6.45, 7) is 4.15. The Labute approximate surface area is 144 Å². The van der Waals surface area contributed by atoms with E-state index in [1.165, 1.54) is 5.56 Å². The van der Waals surface area contributed by atoms with E-state index in [1.54, 1.807) is 14.2 Å². The van der Waals surface area contributed by atoms with Gasteiger partial charge in [-0.15, -0.1) is 0 Å². The zero-order chi connectivity index (χ0) is 17.4. The number of rotatable bonds is 7. The second-order valence-corrected chi connectivity index (χ2v) is 6.03. The van der Waals surface area contributed by atoms with Crippen molar-refractivity contribution in [2.24, 2.45) is 4.99 Å². The highest BCUT2D eigenvalue weighted by molar-refractivity contribution is 5.95. The Morgan fingerprint density at radius 2 is 2.21 bits per heavy atom. The molecule has 1 unspecified atom stereocenters. The second kappa shape index (κ2) is 9.27. The van der Waals surface area contributed by atoms with E-state index < -0.39 is 0 Å². The van der Waals surface area contributed by atoms with E-state index in [-0.39, 0.29) is 11.9 Å². The van der Waals surface area contributed by atoms with Gasteiger partial charge in [-0.05, 0) is 31.4 Å². The first kappa shape index (κ1) is 18.3. The standard InChI is InChI=1S/C18H28N4O2/c1-14(13-24-3)21-18(19-2)20-11-6-9-17(23)22-12-10-15-7-4-5-8-16(15)22/h4-5,7-8,14H,6,9-13H2,1-3H3,(H2,19,20,21). The summed E-state index contributed by atoms with van der Waals surface area (Å²) in [5.41, 5.74) is 2.34. The molecule has 1 aromatic rings. The number of guanidine groups is 1.